The van der Waals surface area contributed by atoms with E-state index in [9.17, 15) is 4.79 Å². The molecule has 6 heteroatoms. The number of halogens is 2. The number of hydrogen-bond donors (Lipinski definition) is 0. The minimum atomic E-state index is 0.00277. The molecule has 0 N–H and O–H groups in total. The molecule has 2 aromatic carbocycles. The van der Waals surface area contributed by atoms with E-state index < -0.39 is 0 Å². The fourth-order valence-electron chi connectivity index (χ4n) is 3.04. The molecule has 0 radical (unpaired) electrons. The van der Waals surface area contributed by atoms with Gasteiger partial charge in [-0.25, -0.2) is 0 Å². The van der Waals surface area contributed by atoms with Crippen molar-refractivity contribution < 1.29 is 9.32 Å². The standard InChI is InChI=1S/C19H14BrClN2O2/c20-14-3-1-2-13(10-14)19(24)23-9-8-16-17(11-23)22-25-18(16)12-4-6-15(21)7-5-12/h1-7,10H,8-9,11H2. The van der Waals surface area contributed by atoms with Gasteiger partial charge in [0, 0.05) is 32.7 Å². The van der Waals surface area contributed by atoms with Gasteiger partial charge < -0.3 is 9.42 Å². The molecular formula is C19H14BrClN2O2. The number of hydrogen-bond acceptors (Lipinski definition) is 3. The van der Waals surface area contributed by atoms with Crippen LogP contribution in [0.4, 0.5) is 0 Å². The minimum Gasteiger partial charge on any atom is -0.356 e. The van der Waals surface area contributed by atoms with Gasteiger partial charge >= 0.3 is 0 Å². The van der Waals surface area contributed by atoms with Gasteiger partial charge in [0.15, 0.2) is 5.76 Å². The van der Waals surface area contributed by atoms with Gasteiger partial charge in [0.2, 0.25) is 0 Å². The SMILES string of the molecule is O=C(c1cccc(Br)c1)N1CCc2c(noc2-c2ccc(Cl)cc2)C1. The predicted molar refractivity (Wildman–Crippen MR) is 99.5 cm³/mol. The Morgan fingerprint density at radius 1 is 1.20 bits per heavy atom. The molecule has 0 bridgehead atoms. The predicted octanol–water partition coefficient (Wildman–Crippen LogP) is 4.96. The Hall–Kier alpha value is -2.11. The van der Waals surface area contributed by atoms with Crippen LogP contribution in [0, 0.1) is 0 Å². The first-order chi connectivity index (χ1) is 12.1. The first kappa shape index (κ1) is 16.4. The molecule has 1 aliphatic heterocycles. The number of benzene rings is 2. The van der Waals surface area contributed by atoms with E-state index in [-0.39, 0.29) is 5.91 Å². The van der Waals surface area contributed by atoms with Gasteiger partial charge in [-0.05, 0) is 48.9 Å². The molecule has 3 aromatic rings. The van der Waals surface area contributed by atoms with Crippen LogP contribution in [0.2, 0.25) is 5.02 Å². The molecule has 0 saturated heterocycles. The third kappa shape index (κ3) is 3.22. The molecule has 0 unspecified atom stereocenters. The zero-order valence-corrected chi connectivity index (χ0v) is 15.5. The van der Waals surface area contributed by atoms with Crippen molar-refractivity contribution in [3.05, 3.63) is 74.8 Å². The van der Waals surface area contributed by atoms with E-state index >= 15 is 0 Å². The quantitative estimate of drug-likeness (QED) is 0.592. The van der Waals surface area contributed by atoms with Gasteiger partial charge in [-0.3, -0.25) is 4.79 Å². The van der Waals surface area contributed by atoms with Crippen molar-refractivity contribution in [2.75, 3.05) is 6.54 Å². The highest BCUT2D eigenvalue weighted by Crippen LogP contribution is 2.31. The normalized spacial score (nSPS) is 13.6. The minimum absolute atomic E-state index is 0.00277. The number of fused-ring (bicyclic) bond motifs is 1. The Morgan fingerprint density at radius 3 is 2.76 bits per heavy atom. The Bertz CT molecular complexity index is 937. The third-order valence-corrected chi connectivity index (χ3v) is 5.05. The van der Waals surface area contributed by atoms with Gasteiger partial charge in [0.25, 0.3) is 5.91 Å². The largest absolute Gasteiger partial charge is 0.356 e. The van der Waals surface area contributed by atoms with Gasteiger partial charge in [-0.2, -0.15) is 0 Å². The number of carbonyl (C=O) groups is 1. The second-order valence-corrected chi connectivity index (χ2v) is 7.28. The summed E-state index contributed by atoms with van der Waals surface area (Å²) < 4.78 is 6.45. The summed E-state index contributed by atoms with van der Waals surface area (Å²) in [5, 5.41) is 4.87. The zero-order valence-electron chi connectivity index (χ0n) is 13.2. The fraction of sp³-hybridized carbons (Fsp3) is 0.158. The van der Waals surface area contributed by atoms with Crippen molar-refractivity contribution in [1.82, 2.24) is 10.1 Å². The Labute approximate surface area is 158 Å². The maximum absolute atomic E-state index is 12.7. The second-order valence-electron chi connectivity index (χ2n) is 5.93. The molecule has 0 fully saturated rings. The summed E-state index contributed by atoms with van der Waals surface area (Å²) in [6.07, 6.45) is 0.719. The van der Waals surface area contributed by atoms with Crippen molar-refractivity contribution in [1.29, 1.82) is 0 Å². The molecule has 1 aromatic heterocycles. The number of nitrogens with zero attached hydrogens (tertiary/aromatic N) is 2. The van der Waals surface area contributed by atoms with Gasteiger partial charge in [-0.1, -0.05) is 38.8 Å². The number of aromatic nitrogens is 1. The number of rotatable bonds is 2. The lowest BCUT2D eigenvalue weighted by Gasteiger charge is -2.26. The highest BCUT2D eigenvalue weighted by molar-refractivity contribution is 9.10. The van der Waals surface area contributed by atoms with E-state index in [1.165, 1.54) is 0 Å². The molecule has 0 saturated carbocycles. The lowest BCUT2D eigenvalue weighted by Crippen LogP contribution is -2.35. The average molecular weight is 418 g/mol. The van der Waals surface area contributed by atoms with Crippen LogP contribution in [0.15, 0.2) is 57.5 Å². The Kier molecular flexibility index (Phi) is 4.36. The fourth-order valence-corrected chi connectivity index (χ4v) is 3.56. The molecule has 2 heterocycles. The molecular weight excluding hydrogens is 404 g/mol. The van der Waals surface area contributed by atoms with E-state index in [4.69, 9.17) is 16.1 Å². The summed E-state index contributed by atoms with van der Waals surface area (Å²) in [5.41, 5.74) is 3.50. The summed E-state index contributed by atoms with van der Waals surface area (Å²) in [6, 6.07) is 14.9. The first-order valence-electron chi connectivity index (χ1n) is 7.90. The average Bonchev–Trinajstić information content (AvgIpc) is 3.05. The lowest BCUT2D eigenvalue weighted by molar-refractivity contribution is 0.0731. The zero-order chi connectivity index (χ0) is 17.4. The van der Waals surface area contributed by atoms with E-state index in [1.807, 2.05) is 48.5 Å². The maximum Gasteiger partial charge on any atom is 0.254 e. The van der Waals surface area contributed by atoms with Crippen LogP contribution in [0.3, 0.4) is 0 Å². The van der Waals surface area contributed by atoms with Crippen LogP contribution in [0.1, 0.15) is 21.6 Å². The van der Waals surface area contributed by atoms with Crippen molar-refractivity contribution in [2.45, 2.75) is 13.0 Å². The smallest absolute Gasteiger partial charge is 0.254 e. The summed E-state index contributed by atoms with van der Waals surface area (Å²) >= 11 is 9.35. The molecule has 0 atom stereocenters. The number of amides is 1. The topological polar surface area (TPSA) is 46.3 Å². The molecule has 4 rings (SSSR count). The molecule has 0 aliphatic carbocycles. The van der Waals surface area contributed by atoms with Gasteiger partial charge in [0.1, 0.15) is 5.69 Å². The van der Waals surface area contributed by atoms with Crippen molar-refractivity contribution in [3.63, 3.8) is 0 Å². The Balaban J connectivity index is 1.58. The highest BCUT2D eigenvalue weighted by Gasteiger charge is 2.27. The van der Waals surface area contributed by atoms with Crippen LogP contribution >= 0.6 is 27.5 Å². The van der Waals surface area contributed by atoms with Crippen LogP contribution in [-0.2, 0) is 13.0 Å². The van der Waals surface area contributed by atoms with Crippen molar-refractivity contribution in [3.8, 4) is 11.3 Å². The summed E-state index contributed by atoms with van der Waals surface area (Å²) in [6.45, 7) is 1.10. The van der Waals surface area contributed by atoms with E-state index in [0.717, 1.165) is 33.5 Å². The van der Waals surface area contributed by atoms with E-state index in [0.29, 0.717) is 23.7 Å². The summed E-state index contributed by atoms with van der Waals surface area (Å²) in [4.78, 5) is 14.5. The molecule has 1 amide bonds. The third-order valence-electron chi connectivity index (χ3n) is 4.31. The molecule has 0 spiro atoms. The van der Waals surface area contributed by atoms with Crippen LogP contribution < -0.4 is 0 Å². The van der Waals surface area contributed by atoms with Gasteiger partial charge in [-0.15, -0.1) is 0 Å². The summed E-state index contributed by atoms with van der Waals surface area (Å²) in [7, 11) is 0. The van der Waals surface area contributed by atoms with E-state index in [2.05, 4.69) is 21.1 Å². The number of carbonyl (C=O) groups excluding carboxylic acids is 1. The maximum atomic E-state index is 12.7. The van der Waals surface area contributed by atoms with Crippen molar-refractivity contribution in [2.24, 2.45) is 0 Å². The molecule has 126 valence electrons. The monoisotopic (exact) mass is 416 g/mol. The second kappa shape index (κ2) is 6.65. The summed E-state index contributed by atoms with van der Waals surface area (Å²) in [5.74, 6) is 0.768. The molecule has 1 aliphatic rings. The lowest BCUT2D eigenvalue weighted by atomic mass is 10.00. The molecule has 4 nitrogen and oxygen atoms in total. The Morgan fingerprint density at radius 2 is 2.00 bits per heavy atom. The first-order valence-corrected chi connectivity index (χ1v) is 9.07. The highest BCUT2D eigenvalue weighted by atomic mass is 79.9. The van der Waals surface area contributed by atoms with Crippen LogP contribution in [-0.4, -0.2) is 22.5 Å². The van der Waals surface area contributed by atoms with Crippen LogP contribution in [0.25, 0.3) is 11.3 Å². The van der Waals surface area contributed by atoms with Crippen LogP contribution in [0.5, 0.6) is 0 Å². The molecule has 25 heavy (non-hydrogen) atoms. The van der Waals surface area contributed by atoms with E-state index in [1.54, 1.807) is 4.90 Å². The van der Waals surface area contributed by atoms with Crippen molar-refractivity contribution >= 4 is 33.4 Å². The van der Waals surface area contributed by atoms with Gasteiger partial charge in [0.05, 0.1) is 6.54 Å².